The van der Waals surface area contributed by atoms with Crippen molar-refractivity contribution in [2.75, 3.05) is 13.1 Å². The predicted molar refractivity (Wildman–Crippen MR) is 59.6 cm³/mol. The molecule has 0 aromatic heterocycles. The quantitative estimate of drug-likeness (QED) is 0.770. The average molecular weight is 259 g/mol. The zero-order valence-corrected chi connectivity index (χ0v) is 9.97. The molecule has 17 heavy (non-hydrogen) atoms. The van der Waals surface area contributed by atoms with Gasteiger partial charge in [0.05, 0.1) is 11.4 Å². The van der Waals surface area contributed by atoms with Gasteiger partial charge in [0.25, 0.3) is 0 Å². The van der Waals surface area contributed by atoms with E-state index >= 15 is 0 Å². The highest BCUT2D eigenvalue weighted by Gasteiger charge is 2.23. The SMILES string of the molecule is C#CCN(CC)S(=O)(=O)c1ccc(F)c(F)c1. The number of sulfonamides is 1. The van der Waals surface area contributed by atoms with Gasteiger partial charge >= 0.3 is 0 Å². The lowest BCUT2D eigenvalue weighted by Crippen LogP contribution is -2.31. The first-order valence-electron chi connectivity index (χ1n) is 4.82. The molecule has 6 heteroatoms. The summed E-state index contributed by atoms with van der Waals surface area (Å²) in [4.78, 5) is -0.312. The predicted octanol–water partition coefficient (Wildman–Crippen LogP) is 1.61. The average Bonchev–Trinajstić information content (AvgIpc) is 2.29. The van der Waals surface area contributed by atoms with E-state index in [2.05, 4.69) is 5.92 Å². The lowest BCUT2D eigenvalue weighted by molar-refractivity contribution is 0.461. The van der Waals surface area contributed by atoms with Crippen LogP contribution < -0.4 is 0 Å². The fourth-order valence-electron chi connectivity index (χ4n) is 1.25. The van der Waals surface area contributed by atoms with Crippen molar-refractivity contribution >= 4 is 10.0 Å². The van der Waals surface area contributed by atoms with Crippen LogP contribution in [0, 0.1) is 24.0 Å². The summed E-state index contributed by atoms with van der Waals surface area (Å²) in [6.07, 6.45) is 5.04. The normalized spacial score (nSPS) is 11.5. The second-order valence-corrected chi connectivity index (χ2v) is 5.15. The van der Waals surface area contributed by atoms with Crippen LogP contribution in [0.1, 0.15) is 6.92 Å². The van der Waals surface area contributed by atoms with Crippen LogP contribution in [0.3, 0.4) is 0 Å². The van der Waals surface area contributed by atoms with E-state index in [1.165, 1.54) is 0 Å². The fourth-order valence-corrected chi connectivity index (χ4v) is 2.63. The number of terminal acetylenes is 1. The molecule has 1 aromatic rings. The molecule has 1 rings (SSSR count). The highest BCUT2D eigenvalue weighted by atomic mass is 32.2. The van der Waals surface area contributed by atoms with Crippen molar-refractivity contribution in [3.8, 4) is 12.3 Å². The van der Waals surface area contributed by atoms with Crippen LogP contribution in [-0.4, -0.2) is 25.8 Å². The molecular weight excluding hydrogens is 248 g/mol. The van der Waals surface area contributed by atoms with E-state index in [-0.39, 0.29) is 18.0 Å². The van der Waals surface area contributed by atoms with E-state index in [9.17, 15) is 17.2 Å². The van der Waals surface area contributed by atoms with Gasteiger partial charge in [0.2, 0.25) is 10.0 Å². The zero-order chi connectivity index (χ0) is 13.1. The summed E-state index contributed by atoms with van der Waals surface area (Å²) < 4.78 is 50.6. The summed E-state index contributed by atoms with van der Waals surface area (Å²) in [5.41, 5.74) is 0. The highest BCUT2D eigenvalue weighted by molar-refractivity contribution is 7.89. The Hall–Kier alpha value is -1.45. The summed E-state index contributed by atoms with van der Waals surface area (Å²) in [6, 6.07) is 2.42. The van der Waals surface area contributed by atoms with Crippen LogP contribution in [-0.2, 0) is 10.0 Å². The van der Waals surface area contributed by atoms with E-state index in [0.29, 0.717) is 6.07 Å². The second-order valence-electron chi connectivity index (χ2n) is 3.21. The molecule has 0 N–H and O–H groups in total. The summed E-state index contributed by atoms with van der Waals surface area (Å²) in [7, 11) is -3.87. The van der Waals surface area contributed by atoms with E-state index < -0.39 is 21.7 Å². The maximum Gasteiger partial charge on any atom is 0.244 e. The van der Waals surface area contributed by atoms with Gasteiger partial charge in [0, 0.05) is 6.54 Å². The third-order valence-corrected chi connectivity index (χ3v) is 4.07. The molecule has 0 saturated carbocycles. The van der Waals surface area contributed by atoms with Crippen molar-refractivity contribution in [2.45, 2.75) is 11.8 Å². The Kier molecular flexibility index (Phi) is 4.21. The first-order valence-corrected chi connectivity index (χ1v) is 6.26. The summed E-state index contributed by atoms with van der Waals surface area (Å²) in [6.45, 7) is 1.65. The third-order valence-electron chi connectivity index (χ3n) is 2.15. The van der Waals surface area contributed by atoms with Crippen molar-refractivity contribution in [2.24, 2.45) is 0 Å². The molecule has 0 spiro atoms. The molecule has 0 aliphatic rings. The Balaban J connectivity index is 3.21. The number of nitrogens with zero attached hydrogens (tertiary/aromatic N) is 1. The fraction of sp³-hybridized carbons (Fsp3) is 0.273. The topological polar surface area (TPSA) is 37.4 Å². The summed E-state index contributed by atoms with van der Waals surface area (Å²) in [5.74, 6) is -0.0998. The van der Waals surface area contributed by atoms with Crippen LogP contribution in [0.2, 0.25) is 0 Å². The maximum absolute atomic E-state index is 13.0. The minimum absolute atomic E-state index is 0.113. The maximum atomic E-state index is 13.0. The molecule has 0 aliphatic carbocycles. The van der Waals surface area contributed by atoms with Crippen molar-refractivity contribution in [3.63, 3.8) is 0 Å². The van der Waals surface area contributed by atoms with Crippen molar-refractivity contribution < 1.29 is 17.2 Å². The molecule has 0 amide bonds. The van der Waals surface area contributed by atoms with Gasteiger partial charge < -0.3 is 0 Å². The number of halogens is 2. The first kappa shape index (κ1) is 13.6. The van der Waals surface area contributed by atoms with Gasteiger partial charge in [-0.2, -0.15) is 4.31 Å². The lowest BCUT2D eigenvalue weighted by Gasteiger charge is -2.17. The molecule has 0 fully saturated rings. The van der Waals surface area contributed by atoms with Crippen LogP contribution in [0.25, 0.3) is 0 Å². The monoisotopic (exact) mass is 259 g/mol. The molecule has 0 saturated heterocycles. The van der Waals surface area contributed by atoms with Crippen molar-refractivity contribution in [1.82, 2.24) is 4.31 Å². The molecular formula is C11H11F2NO2S. The lowest BCUT2D eigenvalue weighted by atomic mass is 10.3. The Labute approximate surface area is 99.1 Å². The largest absolute Gasteiger partial charge is 0.244 e. The van der Waals surface area contributed by atoms with Gasteiger partial charge in [0.15, 0.2) is 11.6 Å². The van der Waals surface area contributed by atoms with Gasteiger partial charge in [-0.3, -0.25) is 0 Å². The van der Waals surface area contributed by atoms with E-state index in [1.54, 1.807) is 6.92 Å². The molecule has 92 valence electrons. The Morgan fingerprint density at radius 3 is 2.47 bits per heavy atom. The Bertz CT molecular complexity index is 549. The van der Waals surface area contributed by atoms with Crippen molar-refractivity contribution in [3.05, 3.63) is 29.8 Å². The Morgan fingerprint density at radius 2 is 2.00 bits per heavy atom. The first-order chi connectivity index (χ1) is 7.93. The minimum Gasteiger partial charge on any atom is -0.207 e. The van der Waals surface area contributed by atoms with E-state index in [4.69, 9.17) is 6.42 Å². The third kappa shape index (κ3) is 2.81. The molecule has 0 atom stereocenters. The molecule has 0 unspecified atom stereocenters. The van der Waals surface area contributed by atoms with E-state index in [0.717, 1.165) is 16.4 Å². The molecule has 0 heterocycles. The molecule has 0 radical (unpaired) electrons. The summed E-state index contributed by atoms with van der Waals surface area (Å²) in [5, 5.41) is 0. The van der Waals surface area contributed by atoms with Crippen LogP contribution in [0.5, 0.6) is 0 Å². The molecule has 1 aromatic carbocycles. The van der Waals surface area contributed by atoms with Crippen LogP contribution in [0.15, 0.2) is 23.1 Å². The van der Waals surface area contributed by atoms with Crippen molar-refractivity contribution in [1.29, 1.82) is 0 Å². The molecule has 0 bridgehead atoms. The molecule has 0 aliphatic heterocycles. The van der Waals surface area contributed by atoms with Gasteiger partial charge in [0.1, 0.15) is 0 Å². The number of rotatable bonds is 4. The minimum atomic E-state index is -3.87. The van der Waals surface area contributed by atoms with Crippen LogP contribution in [0.4, 0.5) is 8.78 Å². The van der Waals surface area contributed by atoms with Gasteiger partial charge in [-0.15, -0.1) is 6.42 Å². The number of hydrogen-bond donors (Lipinski definition) is 0. The Morgan fingerprint density at radius 1 is 1.35 bits per heavy atom. The highest BCUT2D eigenvalue weighted by Crippen LogP contribution is 2.17. The standard InChI is InChI=1S/C11H11F2NO2S/c1-3-7-14(4-2)17(15,16)9-5-6-10(12)11(13)8-9/h1,5-6,8H,4,7H2,2H3. The van der Waals surface area contributed by atoms with Gasteiger partial charge in [-0.25, -0.2) is 17.2 Å². The van der Waals surface area contributed by atoms with E-state index in [1.807, 2.05) is 0 Å². The van der Waals surface area contributed by atoms with Crippen LogP contribution >= 0.6 is 0 Å². The zero-order valence-electron chi connectivity index (χ0n) is 9.15. The smallest absolute Gasteiger partial charge is 0.207 e. The second kappa shape index (κ2) is 5.25. The number of benzene rings is 1. The van der Waals surface area contributed by atoms with Gasteiger partial charge in [-0.1, -0.05) is 12.8 Å². The van der Waals surface area contributed by atoms with Gasteiger partial charge in [-0.05, 0) is 18.2 Å². The summed E-state index contributed by atoms with van der Waals surface area (Å²) >= 11 is 0. The number of hydrogen-bond acceptors (Lipinski definition) is 2. The molecule has 3 nitrogen and oxygen atoms in total.